The Morgan fingerprint density at radius 3 is 2.57 bits per heavy atom. The molecular formula is C23H24BrNO5. The van der Waals surface area contributed by atoms with E-state index in [1.165, 1.54) is 4.90 Å². The van der Waals surface area contributed by atoms with E-state index in [-0.39, 0.29) is 11.3 Å². The molecule has 30 heavy (non-hydrogen) atoms. The first-order valence-corrected chi connectivity index (χ1v) is 10.4. The number of carbonyl (C=O) groups excluding carboxylic acids is 2. The van der Waals surface area contributed by atoms with E-state index >= 15 is 0 Å². The van der Waals surface area contributed by atoms with Crippen LogP contribution in [-0.4, -0.2) is 49.1 Å². The molecule has 1 saturated heterocycles. The molecule has 0 bridgehead atoms. The summed E-state index contributed by atoms with van der Waals surface area (Å²) < 4.78 is 11.1. The number of carbonyl (C=O) groups is 2. The summed E-state index contributed by atoms with van der Waals surface area (Å²) in [5, 5.41) is 11.1. The van der Waals surface area contributed by atoms with Crippen LogP contribution in [0.1, 0.15) is 29.2 Å². The lowest BCUT2D eigenvalue weighted by atomic mass is 9.94. The average Bonchev–Trinajstić information content (AvgIpc) is 2.98. The number of aryl methyl sites for hydroxylation is 1. The van der Waals surface area contributed by atoms with E-state index < -0.39 is 17.7 Å². The van der Waals surface area contributed by atoms with Crippen molar-refractivity contribution in [3.05, 3.63) is 69.2 Å². The Labute approximate surface area is 184 Å². The zero-order valence-corrected chi connectivity index (χ0v) is 18.7. The molecule has 6 nitrogen and oxygen atoms in total. The maximum absolute atomic E-state index is 13.0. The number of ketones is 1. The second-order valence-electron chi connectivity index (χ2n) is 7.07. The minimum atomic E-state index is -0.690. The Bertz CT molecular complexity index is 1000. The zero-order valence-electron chi connectivity index (χ0n) is 17.1. The van der Waals surface area contributed by atoms with Crippen LogP contribution in [0.25, 0.3) is 5.76 Å². The molecule has 0 unspecified atom stereocenters. The number of hydrogen-bond acceptors (Lipinski definition) is 5. The summed E-state index contributed by atoms with van der Waals surface area (Å²) in [6.07, 6.45) is 0.579. The number of amides is 1. The highest BCUT2D eigenvalue weighted by Crippen LogP contribution is 2.40. The van der Waals surface area contributed by atoms with Gasteiger partial charge in [0, 0.05) is 30.3 Å². The molecule has 2 aromatic carbocycles. The lowest BCUT2D eigenvalue weighted by Gasteiger charge is -2.25. The minimum absolute atomic E-state index is 0.0868. The van der Waals surface area contributed by atoms with Crippen molar-refractivity contribution in [1.29, 1.82) is 0 Å². The average molecular weight is 474 g/mol. The molecule has 3 rings (SSSR count). The van der Waals surface area contributed by atoms with Crippen molar-refractivity contribution >= 4 is 33.4 Å². The number of hydrogen-bond donors (Lipinski definition) is 1. The molecule has 1 amide bonds. The third kappa shape index (κ3) is 4.27. The number of ether oxygens (including phenoxy) is 2. The Balaban J connectivity index is 2.15. The highest BCUT2D eigenvalue weighted by Gasteiger charge is 2.45. The first-order valence-electron chi connectivity index (χ1n) is 9.56. The summed E-state index contributed by atoms with van der Waals surface area (Å²) in [7, 11) is 3.15. The van der Waals surface area contributed by atoms with Crippen molar-refractivity contribution in [2.45, 2.75) is 19.4 Å². The number of aliphatic hydroxyl groups excluding tert-OH is 1. The van der Waals surface area contributed by atoms with Crippen LogP contribution in [0.2, 0.25) is 0 Å². The molecule has 1 heterocycles. The molecule has 2 aromatic rings. The van der Waals surface area contributed by atoms with E-state index in [9.17, 15) is 14.7 Å². The Kier molecular flexibility index (Phi) is 6.95. The van der Waals surface area contributed by atoms with Crippen LogP contribution in [0.3, 0.4) is 0 Å². The highest BCUT2D eigenvalue weighted by molar-refractivity contribution is 9.10. The Morgan fingerprint density at radius 1 is 1.17 bits per heavy atom. The van der Waals surface area contributed by atoms with Gasteiger partial charge in [0.15, 0.2) is 0 Å². The molecule has 0 spiro atoms. The molecule has 1 atom stereocenters. The highest BCUT2D eigenvalue weighted by atomic mass is 79.9. The van der Waals surface area contributed by atoms with Crippen molar-refractivity contribution in [2.24, 2.45) is 0 Å². The van der Waals surface area contributed by atoms with E-state index in [4.69, 9.17) is 9.47 Å². The molecular weight excluding hydrogens is 450 g/mol. The van der Waals surface area contributed by atoms with Crippen molar-refractivity contribution in [3.63, 3.8) is 0 Å². The van der Waals surface area contributed by atoms with Crippen LogP contribution in [0.5, 0.6) is 5.75 Å². The predicted molar refractivity (Wildman–Crippen MR) is 117 cm³/mol. The summed E-state index contributed by atoms with van der Waals surface area (Å²) in [6.45, 7) is 2.63. The zero-order chi connectivity index (χ0) is 21.8. The van der Waals surface area contributed by atoms with Crippen LogP contribution in [-0.2, 0) is 14.3 Å². The number of likely N-dealkylation sites (tertiary alicyclic amines) is 1. The standard InChI is InChI=1S/C23H24BrNO5/c1-14-12-17(30-3)8-9-18(14)21(26)19-20(15-6-4-7-16(24)13-15)25(10-5-11-29-2)23(28)22(19)27/h4,6-9,12-13,20,26H,5,10-11H2,1-3H3/t20-/m0/s1. The molecule has 7 heteroatoms. The molecule has 1 N–H and O–H groups in total. The van der Waals surface area contributed by atoms with Crippen LogP contribution < -0.4 is 4.74 Å². The molecule has 0 radical (unpaired) electrons. The number of benzene rings is 2. The summed E-state index contributed by atoms with van der Waals surface area (Å²) in [5.74, 6) is -0.853. The third-order valence-corrected chi connectivity index (χ3v) is 5.63. The molecule has 158 valence electrons. The fraction of sp³-hybridized carbons (Fsp3) is 0.304. The van der Waals surface area contributed by atoms with E-state index in [0.29, 0.717) is 30.9 Å². The first kappa shape index (κ1) is 22.1. The SMILES string of the molecule is COCCCN1C(=O)C(=O)C(=C(O)c2ccc(OC)cc2C)[C@@H]1c1cccc(Br)c1. The summed E-state index contributed by atoms with van der Waals surface area (Å²) in [6, 6.07) is 11.9. The van der Waals surface area contributed by atoms with Gasteiger partial charge < -0.3 is 19.5 Å². The van der Waals surface area contributed by atoms with E-state index in [0.717, 1.165) is 15.6 Å². The quantitative estimate of drug-likeness (QED) is 0.282. The number of aliphatic hydroxyl groups is 1. The van der Waals surface area contributed by atoms with Crippen molar-refractivity contribution in [3.8, 4) is 5.75 Å². The van der Waals surface area contributed by atoms with Crippen LogP contribution in [0.15, 0.2) is 52.5 Å². The minimum Gasteiger partial charge on any atom is -0.507 e. The fourth-order valence-electron chi connectivity index (χ4n) is 3.69. The van der Waals surface area contributed by atoms with Gasteiger partial charge in [-0.1, -0.05) is 28.1 Å². The van der Waals surface area contributed by atoms with Gasteiger partial charge in [0.1, 0.15) is 11.5 Å². The normalized spacial score (nSPS) is 18.1. The Morgan fingerprint density at radius 2 is 1.93 bits per heavy atom. The van der Waals surface area contributed by atoms with Crippen LogP contribution in [0, 0.1) is 6.92 Å². The van der Waals surface area contributed by atoms with Gasteiger partial charge in [-0.25, -0.2) is 0 Å². The Hall–Kier alpha value is -2.64. The van der Waals surface area contributed by atoms with Gasteiger partial charge in [0.25, 0.3) is 11.7 Å². The molecule has 0 aliphatic carbocycles. The third-order valence-electron chi connectivity index (χ3n) is 5.14. The van der Waals surface area contributed by atoms with Crippen molar-refractivity contribution < 1.29 is 24.2 Å². The molecule has 1 fully saturated rings. The number of rotatable bonds is 7. The molecule has 0 saturated carbocycles. The van der Waals surface area contributed by atoms with Gasteiger partial charge in [-0.2, -0.15) is 0 Å². The van der Waals surface area contributed by atoms with Gasteiger partial charge in [-0.3, -0.25) is 9.59 Å². The monoisotopic (exact) mass is 473 g/mol. The van der Waals surface area contributed by atoms with Gasteiger partial charge >= 0.3 is 0 Å². The smallest absolute Gasteiger partial charge is 0.295 e. The summed E-state index contributed by atoms with van der Waals surface area (Å²) in [4.78, 5) is 27.4. The summed E-state index contributed by atoms with van der Waals surface area (Å²) >= 11 is 3.45. The molecule has 0 aromatic heterocycles. The lowest BCUT2D eigenvalue weighted by molar-refractivity contribution is -0.140. The first-order chi connectivity index (χ1) is 14.4. The van der Waals surface area contributed by atoms with Gasteiger partial charge in [0.2, 0.25) is 0 Å². The second kappa shape index (κ2) is 9.45. The second-order valence-corrected chi connectivity index (χ2v) is 7.99. The number of halogens is 1. The number of Topliss-reactive ketones (excluding diaryl/α,β-unsaturated/α-hetero) is 1. The summed E-state index contributed by atoms with van der Waals surface area (Å²) in [5.41, 5.74) is 2.06. The van der Waals surface area contributed by atoms with Gasteiger partial charge in [-0.15, -0.1) is 0 Å². The fourth-order valence-corrected chi connectivity index (χ4v) is 4.10. The van der Waals surface area contributed by atoms with Crippen LogP contribution in [0.4, 0.5) is 0 Å². The predicted octanol–water partition coefficient (Wildman–Crippen LogP) is 4.22. The van der Waals surface area contributed by atoms with Gasteiger partial charge in [0.05, 0.1) is 18.7 Å². The van der Waals surface area contributed by atoms with Crippen molar-refractivity contribution in [2.75, 3.05) is 27.4 Å². The number of nitrogens with zero attached hydrogens (tertiary/aromatic N) is 1. The molecule has 1 aliphatic heterocycles. The maximum atomic E-state index is 13.0. The topological polar surface area (TPSA) is 76.1 Å². The number of methoxy groups -OCH3 is 2. The van der Waals surface area contributed by atoms with Crippen molar-refractivity contribution in [1.82, 2.24) is 4.90 Å². The lowest BCUT2D eigenvalue weighted by Crippen LogP contribution is -2.31. The van der Waals surface area contributed by atoms with E-state index in [2.05, 4.69) is 15.9 Å². The van der Waals surface area contributed by atoms with E-state index in [1.807, 2.05) is 31.2 Å². The maximum Gasteiger partial charge on any atom is 0.295 e. The largest absolute Gasteiger partial charge is 0.507 e. The van der Waals surface area contributed by atoms with E-state index in [1.54, 1.807) is 32.4 Å². The molecule has 1 aliphatic rings. The van der Waals surface area contributed by atoms with Gasteiger partial charge in [-0.05, 0) is 54.8 Å². The van der Waals surface area contributed by atoms with Crippen LogP contribution >= 0.6 is 15.9 Å².